The Morgan fingerprint density at radius 1 is 1.13 bits per heavy atom. The van der Waals surface area contributed by atoms with Crippen LogP contribution in [0.1, 0.15) is 18.4 Å². The standard InChI is InChI=1S/C22H26F2N4O2.HI/c1-25-22(26-13-15-6-7-19-20(12-15)30-11-3-10-29-19)27-16-8-9-28(14-16)21-17(23)4-2-5-18(21)24;/h2,4-7,12,16H,3,8-11,13-14H2,1H3,(H2,25,26,27);1H. The fourth-order valence-electron chi connectivity index (χ4n) is 3.76. The average molecular weight is 544 g/mol. The van der Waals surface area contributed by atoms with Crippen LogP contribution >= 0.6 is 24.0 Å². The maximum atomic E-state index is 14.1. The van der Waals surface area contributed by atoms with E-state index in [0.717, 1.165) is 29.9 Å². The Morgan fingerprint density at radius 2 is 1.87 bits per heavy atom. The van der Waals surface area contributed by atoms with Gasteiger partial charge in [0.2, 0.25) is 0 Å². The molecule has 2 aromatic carbocycles. The van der Waals surface area contributed by atoms with Gasteiger partial charge in [0, 0.05) is 39.1 Å². The van der Waals surface area contributed by atoms with Crippen molar-refractivity contribution in [3.8, 4) is 11.5 Å². The van der Waals surface area contributed by atoms with E-state index in [0.29, 0.717) is 38.8 Å². The molecule has 2 aromatic rings. The summed E-state index contributed by atoms with van der Waals surface area (Å²) in [5.74, 6) is 1.10. The summed E-state index contributed by atoms with van der Waals surface area (Å²) in [5.41, 5.74) is 1.08. The molecule has 2 aliphatic rings. The van der Waals surface area contributed by atoms with Crippen LogP contribution in [0.3, 0.4) is 0 Å². The van der Waals surface area contributed by atoms with Crippen LogP contribution in [0.15, 0.2) is 41.4 Å². The summed E-state index contributed by atoms with van der Waals surface area (Å²) >= 11 is 0. The molecule has 1 unspecified atom stereocenters. The molecule has 2 N–H and O–H groups in total. The number of benzene rings is 2. The average Bonchev–Trinajstić information content (AvgIpc) is 3.06. The summed E-state index contributed by atoms with van der Waals surface area (Å²) < 4.78 is 39.5. The number of ether oxygens (including phenoxy) is 2. The maximum absolute atomic E-state index is 14.1. The zero-order valence-electron chi connectivity index (χ0n) is 17.4. The van der Waals surface area contributed by atoms with Gasteiger partial charge in [-0.15, -0.1) is 24.0 Å². The van der Waals surface area contributed by atoms with Gasteiger partial charge in [-0.3, -0.25) is 4.99 Å². The molecule has 9 heteroatoms. The summed E-state index contributed by atoms with van der Waals surface area (Å²) in [4.78, 5) is 6.01. The van der Waals surface area contributed by atoms with Crippen LogP contribution in [0.4, 0.5) is 14.5 Å². The molecule has 0 aromatic heterocycles. The lowest BCUT2D eigenvalue weighted by Gasteiger charge is -2.21. The Morgan fingerprint density at radius 3 is 2.61 bits per heavy atom. The minimum Gasteiger partial charge on any atom is -0.490 e. The van der Waals surface area contributed by atoms with Crippen LogP contribution < -0.4 is 25.0 Å². The number of hydrogen-bond acceptors (Lipinski definition) is 4. The molecule has 1 saturated heterocycles. The highest BCUT2D eigenvalue weighted by Crippen LogP contribution is 2.30. The molecule has 0 saturated carbocycles. The first kappa shape index (κ1) is 23.4. The van der Waals surface area contributed by atoms with Gasteiger partial charge in [0.1, 0.15) is 17.3 Å². The molecule has 1 atom stereocenters. The molecule has 2 aliphatic heterocycles. The van der Waals surface area contributed by atoms with E-state index in [1.54, 1.807) is 11.9 Å². The lowest BCUT2D eigenvalue weighted by atomic mass is 10.2. The van der Waals surface area contributed by atoms with E-state index < -0.39 is 11.6 Å². The third-order valence-corrected chi connectivity index (χ3v) is 5.28. The predicted molar refractivity (Wildman–Crippen MR) is 128 cm³/mol. The van der Waals surface area contributed by atoms with Crippen molar-refractivity contribution in [2.24, 2.45) is 4.99 Å². The van der Waals surface area contributed by atoms with Gasteiger partial charge in [-0.25, -0.2) is 8.78 Å². The van der Waals surface area contributed by atoms with Crippen molar-refractivity contribution in [2.45, 2.75) is 25.4 Å². The Balaban J connectivity index is 0.00000272. The number of nitrogens with one attached hydrogen (secondary N) is 2. The van der Waals surface area contributed by atoms with Crippen LogP contribution in [0.5, 0.6) is 11.5 Å². The molecule has 0 aliphatic carbocycles. The number of halogens is 3. The first-order valence-electron chi connectivity index (χ1n) is 10.2. The fraction of sp³-hybridized carbons (Fsp3) is 0.409. The van der Waals surface area contributed by atoms with E-state index in [1.807, 2.05) is 18.2 Å². The number of nitrogens with zero attached hydrogens (tertiary/aromatic N) is 2. The molecule has 4 rings (SSSR count). The molecule has 168 valence electrons. The minimum absolute atomic E-state index is 0. The Bertz CT molecular complexity index is 908. The summed E-state index contributed by atoms with van der Waals surface area (Å²) in [5, 5.41) is 6.63. The quantitative estimate of drug-likeness (QED) is 0.350. The number of hydrogen-bond donors (Lipinski definition) is 2. The summed E-state index contributed by atoms with van der Waals surface area (Å²) in [6.45, 7) is 2.95. The number of fused-ring (bicyclic) bond motifs is 1. The van der Waals surface area contributed by atoms with Gasteiger partial charge in [-0.2, -0.15) is 0 Å². The zero-order chi connectivity index (χ0) is 20.9. The summed E-state index contributed by atoms with van der Waals surface area (Å²) in [6, 6.07) is 9.88. The Hall–Kier alpha value is -2.30. The first-order valence-corrected chi connectivity index (χ1v) is 10.2. The summed E-state index contributed by atoms with van der Waals surface area (Å²) in [7, 11) is 1.70. The van der Waals surface area contributed by atoms with Gasteiger partial charge in [-0.05, 0) is 36.2 Å². The lowest BCUT2D eigenvalue weighted by Crippen LogP contribution is -2.44. The van der Waals surface area contributed by atoms with Gasteiger partial charge < -0.3 is 25.0 Å². The largest absolute Gasteiger partial charge is 0.490 e. The van der Waals surface area contributed by atoms with Gasteiger partial charge in [0.15, 0.2) is 17.5 Å². The molecule has 0 amide bonds. The number of guanidine groups is 1. The molecule has 31 heavy (non-hydrogen) atoms. The van der Waals surface area contributed by atoms with Crippen molar-refractivity contribution in [2.75, 3.05) is 38.3 Å². The molecule has 0 spiro atoms. The van der Waals surface area contributed by atoms with Crippen molar-refractivity contribution in [1.29, 1.82) is 0 Å². The molecule has 2 heterocycles. The van der Waals surface area contributed by atoms with E-state index in [9.17, 15) is 8.78 Å². The number of para-hydroxylation sites is 1. The highest BCUT2D eigenvalue weighted by atomic mass is 127. The zero-order valence-corrected chi connectivity index (χ0v) is 19.7. The molecule has 0 bridgehead atoms. The van der Waals surface area contributed by atoms with E-state index in [1.165, 1.54) is 18.2 Å². The fourth-order valence-corrected chi connectivity index (χ4v) is 3.76. The second-order valence-corrected chi connectivity index (χ2v) is 7.40. The van der Waals surface area contributed by atoms with Crippen molar-refractivity contribution in [3.63, 3.8) is 0 Å². The second-order valence-electron chi connectivity index (χ2n) is 7.40. The highest BCUT2D eigenvalue weighted by molar-refractivity contribution is 14.0. The minimum atomic E-state index is -0.535. The van der Waals surface area contributed by atoms with E-state index in [-0.39, 0.29) is 35.7 Å². The Kier molecular flexibility index (Phi) is 8.16. The van der Waals surface area contributed by atoms with Crippen LogP contribution in [0.2, 0.25) is 0 Å². The number of aliphatic imine (C=N–C) groups is 1. The predicted octanol–water partition coefficient (Wildman–Crippen LogP) is 3.69. The third kappa shape index (κ3) is 5.69. The van der Waals surface area contributed by atoms with Crippen LogP contribution in [0.25, 0.3) is 0 Å². The molecule has 1 fully saturated rings. The monoisotopic (exact) mass is 544 g/mol. The van der Waals surface area contributed by atoms with Gasteiger partial charge >= 0.3 is 0 Å². The van der Waals surface area contributed by atoms with Gasteiger partial charge in [0.25, 0.3) is 0 Å². The van der Waals surface area contributed by atoms with Crippen LogP contribution in [0, 0.1) is 11.6 Å². The number of anilines is 1. The van der Waals surface area contributed by atoms with Crippen molar-refractivity contribution < 1.29 is 18.3 Å². The SMILES string of the molecule is CN=C(NCc1ccc2c(c1)OCCCO2)NC1CCN(c2c(F)cccc2F)C1.I. The Labute approximate surface area is 198 Å². The van der Waals surface area contributed by atoms with Gasteiger partial charge in [-0.1, -0.05) is 12.1 Å². The third-order valence-electron chi connectivity index (χ3n) is 5.28. The van der Waals surface area contributed by atoms with E-state index >= 15 is 0 Å². The van der Waals surface area contributed by atoms with Crippen LogP contribution in [-0.4, -0.2) is 45.4 Å². The molecular weight excluding hydrogens is 517 g/mol. The normalized spacial score (nSPS) is 18.2. The maximum Gasteiger partial charge on any atom is 0.191 e. The highest BCUT2D eigenvalue weighted by Gasteiger charge is 2.27. The van der Waals surface area contributed by atoms with E-state index in [2.05, 4.69) is 15.6 Å². The van der Waals surface area contributed by atoms with E-state index in [4.69, 9.17) is 9.47 Å². The topological polar surface area (TPSA) is 58.1 Å². The smallest absolute Gasteiger partial charge is 0.191 e. The second kappa shape index (κ2) is 10.8. The van der Waals surface area contributed by atoms with Crippen molar-refractivity contribution >= 4 is 35.6 Å². The summed E-state index contributed by atoms with van der Waals surface area (Å²) in [6.07, 6.45) is 1.63. The van der Waals surface area contributed by atoms with Crippen LogP contribution in [-0.2, 0) is 6.54 Å². The first-order chi connectivity index (χ1) is 14.6. The van der Waals surface area contributed by atoms with Crippen molar-refractivity contribution in [1.82, 2.24) is 10.6 Å². The molecule has 6 nitrogen and oxygen atoms in total. The molecule has 0 radical (unpaired) electrons. The number of rotatable bonds is 4. The van der Waals surface area contributed by atoms with Crippen molar-refractivity contribution in [3.05, 3.63) is 53.6 Å². The lowest BCUT2D eigenvalue weighted by molar-refractivity contribution is 0.297. The van der Waals surface area contributed by atoms with Gasteiger partial charge in [0.05, 0.1) is 13.2 Å². The molecular formula is C22H27F2IN4O2.